The van der Waals surface area contributed by atoms with Crippen LogP contribution in [0.3, 0.4) is 0 Å². The summed E-state index contributed by atoms with van der Waals surface area (Å²) in [6, 6.07) is 4.66. The summed E-state index contributed by atoms with van der Waals surface area (Å²) in [4.78, 5) is 21.1. The number of hydrogen-bond acceptors (Lipinski definition) is 4. The predicted molar refractivity (Wildman–Crippen MR) is 124 cm³/mol. The van der Waals surface area contributed by atoms with Crippen LogP contribution in [-0.2, 0) is 11.3 Å². The van der Waals surface area contributed by atoms with Crippen molar-refractivity contribution in [3.05, 3.63) is 23.9 Å². The lowest BCUT2D eigenvalue weighted by molar-refractivity contribution is -0.126. The molecule has 31 heavy (non-hydrogen) atoms. The standard InChI is InChI=1S/C24H39N5O2/c1-16(2)12-17(3)31-22-13-18(10-11-26-22)15-27-24(25-4)29-21-7-5-6-19(14-21)23(30)28-20-8-9-20/h10-11,13,16-17,19-21H,5-9,12,14-15H2,1-4H3,(H,28,30)(H2,25,27,29). The summed E-state index contributed by atoms with van der Waals surface area (Å²) < 4.78 is 5.96. The Morgan fingerprint density at radius 3 is 2.71 bits per heavy atom. The third kappa shape index (κ3) is 8.04. The Bertz CT molecular complexity index is 747. The molecule has 1 amide bonds. The highest BCUT2D eigenvalue weighted by atomic mass is 16.5. The Morgan fingerprint density at radius 2 is 2.00 bits per heavy atom. The van der Waals surface area contributed by atoms with E-state index >= 15 is 0 Å². The average Bonchev–Trinajstić information content (AvgIpc) is 3.55. The molecule has 0 bridgehead atoms. The molecule has 0 saturated heterocycles. The number of rotatable bonds is 9. The second kappa shape index (κ2) is 11.3. The van der Waals surface area contributed by atoms with E-state index in [1.54, 1.807) is 13.2 Å². The SMILES string of the molecule is CN=C(NCc1ccnc(OC(C)CC(C)C)c1)NC1CCCC(C(=O)NC2CC2)C1. The Hall–Kier alpha value is -2.31. The molecule has 7 nitrogen and oxygen atoms in total. The van der Waals surface area contributed by atoms with Gasteiger partial charge in [0.1, 0.15) is 0 Å². The number of amides is 1. The number of hydrogen-bond donors (Lipinski definition) is 3. The van der Waals surface area contributed by atoms with Gasteiger partial charge in [0.2, 0.25) is 11.8 Å². The van der Waals surface area contributed by atoms with Gasteiger partial charge >= 0.3 is 0 Å². The zero-order valence-corrected chi connectivity index (χ0v) is 19.5. The van der Waals surface area contributed by atoms with Crippen molar-refractivity contribution >= 4 is 11.9 Å². The first-order valence-corrected chi connectivity index (χ1v) is 11.8. The number of carbonyl (C=O) groups is 1. The van der Waals surface area contributed by atoms with Crippen molar-refractivity contribution in [3.63, 3.8) is 0 Å². The molecule has 1 aromatic rings. The zero-order valence-electron chi connectivity index (χ0n) is 19.5. The van der Waals surface area contributed by atoms with E-state index in [2.05, 4.69) is 46.7 Å². The zero-order chi connectivity index (χ0) is 22.2. The van der Waals surface area contributed by atoms with Gasteiger partial charge in [-0.1, -0.05) is 20.3 Å². The monoisotopic (exact) mass is 429 g/mol. The first-order chi connectivity index (χ1) is 14.9. The van der Waals surface area contributed by atoms with Gasteiger partial charge in [-0.15, -0.1) is 0 Å². The third-order valence-corrected chi connectivity index (χ3v) is 5.92. The average molecular weight is 430 g/mol. The van der Waals surface area contributed by atoms with Gasteiger partial charge in [0.15, 0.2) is 5.96 Å². The van der Waals surface area contributed by atoms with E-state index < -0.39 is 0 Å². The molecular weight excluding hydrogens is 390 g/mol. The number of aliphatic imine (C=N–C) groups is 1. The van der Waals surface area contributed by atoms with Crippen molar-refractivity contribution in [3.8, 4) is 5.88 Å². The second-order valence-corrected chi connectivity index (χ2v) is 9.47. The van der Waals surface area contributed by atoms with E-state index in [1.165, 1.54) is 0 Å². The Balaban J connectivity index is 1.46. The lowest BCUT2D eigenvalue weighted by Crippen LogP contribution is -2.47. The molecule has 172 valence electrons. The maximum Gasteiger partial charge on any atom is 0.223 e. The van der Waals surface area contributed by atoms with Crippen molar-refractivity contribution in [1.82, 2.24) is 20.9 Å². The number of nitrogens with one attached hydrogen (secondary N) is 3. The van der Waals surface area contributed by atoms with Crippen molar-refractivity contribution in [1.29, 1.82) is 0 Å². The highest BCUT2D eigenvalue weighted by Crippen LogP contribution is 2.26. The normalized spacial score (nSPS) is 22.7. The summed E-state index contributed by atoms with van der Waals surface area (Å²) in [5.74, 6) is 2.35. The molecule has 7 heteroatoms. The fourth-order valence-corrected chi connectivity index (χ4v) is 4.22. The summed E-state index contributed by atoms with van der Waals surface area (Å²) in [7, 11) is 1.78. The van der Waals surface area contributed by atoms with Crippen LogP contribution in [0.4, 0.5) is 0 Å². The van der Waals surface area contributed by atoms with Gasteiger partial charge in [0.05, 0.1) is 6.10 Å². The van der Waals surface area contributed by atoms with Crippen molar-refractivity contribution in [2.75, 3.05) is 7.05 Å². The largest absolute Gasteiger partial charge is 0.475 e. The number of carbonyl (C=O) groups excluding carboxylic acids is 1. The van der Waals surface area contributed by atoms with Crippen molar-refractivity contribution in [2.45, 2.75) is 90.4 Å². The molecule has 2 aliphatic rings. The second-order valence-electron chi connectivity index (χ2n) is 9.47. The van der Waals surface area contributed by atoms with Crippen LogP contribution < -0.4 is 20.7 Å². The quantitative estimate of drug-likeness (QED) is 0.414. The molecule has 3 N–H and O–H groups in total. The molecular formula is C24H39N5O2. The molecule has 3 atom stereocenters. The fourth-order valence-electron chi connectivity index (χ4n) is 4.22. The Morgan fingerprint density at radius 1 is 1.19 bits per heavy atom. The van der Waals surface area contributed by atoms with Crippen LogP contribution in [-0.4, -0.2) is 42.1 Å². The van der Waals surface area contributed by atoms with Gasteiger partial charge < -0.3 is 20.7 Å². The fraction of sp³-hybridized carbons (Fsp3) is 0.708. The van der Waals surface area contributed by atoms with Gasteiger partial charge in [0.25, 0.3) is 0 Å². The third-order valence-electron chi connectivity index (χ3n) is 5.92. The van der Waals surface area contributed by atoms with E-state index in [1.807, 2.05) is 12.1 Å². The number of pyridine rings is 1. The molecule has 0 radical (unpaired) electrons. The molecule has 1 aromatic heterocycles. The minimum atomic E-state index is 0.109. The summed E-state index contributed by atoms with van der Waals surface area (Å²) in [5.41, 5.74) is 1.09. The van der Waals surface area contributed by atoms with Crippen LogP contribution in [0.2, 0.25) is 0 Å². The topological polar surface area (TPSA) is 87.6 Å². The summed E-state index contributed by atoms with van der Waals surface area (Å²) in [6.07, 6.45) is 9.17. The number of aromatic nitrogens is 1. The van der Waals surface area contributed by atoms with Crippen LogP contribution in [0.15, 0.2) is 23.3 Å². The van der Waals surface area contributed by atoms with Crippen LogP contribution in [0.1, 0.15) is 71.3 Å². The molecule has 3 unspecified atom stereocenters. The van der Waals surface area contributed by atoms with Gasteiger partial charge in [-0.2, -0.15) is 0 Å². The van der Waals surface area contributed by atoms with Crippen LogP contribution in [0.25, 0.3) is 0 Å². The Kier molecular flexibility index (Phi) is 8.55. The highest BCUT2D eigenvalue weighted by molar-refractivity contribution is 5.81. The van der Waals surface area contributed by atoms with Gasteiger partial charge in [-0.05, 0) is 63.0 Å². The molecule has 2 saturated carbocycles. The van der Waals surface area contributed by atoms with E-state index in [4.69, 9.17) is 4.74 Å². The molecule has 2 fully saturated rings. The molecule has 3 rings (SSSR count). The molecule has 0 aromatic carbocycles. The highest BCUT2D eigenvalue weighted by Gasteiger charge is 2.31. The maximum atomic E-state index is 12.4. The van der Waals surface area contributed by atoms with Crippen LogP contribution in [0.5, 0.6) is 5.88 Å². The predicted octanol–water partition coefficient (Wildman–Crippen LogP) is 3.40. The first-order valence-electron chi connectivity index (χ1n) is 11.8. The minimum Gasteiger partial charge on any atom is -0.475 e. The number of guanidine groups is 1. The van der Waals surface area contributed by atoms with Crippen molar-refractivity contribution in [2.24, 2.45) is 16.8 Å². The number of nitrogens with zero attached hydrogens (tertiary/aromatic N) is 2. The van der Waals surface area contributed by atoms with E-state index in [0.29, 0.717) is 24.4 Å². The molecule has 0 aliphatic heterocycles. The van der Waals surface area contributed by atoms with Crippen LogP contribution in [0, 0.1) is 11.8 Å². The summed E-state index contributed by atoms with van der Waals surface area (Å²) >= 11 is 0. The lowest BCUT2D eigenvalue weighted by Gasteiger charge is -2.30. The van der Waals surface area contributed by atoms with E-state index in [0.717, 1.165) is 56.5 Å². The summed E-state index contributed by atoms with van der Waals surface area (Å²) in [5, 5.41) is 10.1. The Labute approximate surface area is 186 Å². The summed E-state index contributed by atoms with van der Waals surface area (Å²) in [6.45, 7) is 7.11. The molecule has 2 aliphatic carbocycles. The molecule has 1 heterocycles. The van der Waals surface area contributed by atoms with E-state index in [9.17, 15) is 4.79 Å². The van der Waals surface area contributed by atoms with Crippen LogP contribution >= 0.6 is 0 Å². The number of ether oxygens (including phenoxy) is 1. The first kappa shape index (κ1) is 23.4. The van der Waals surface area contributed by atoms with Gasteiger partial charge in [-0.3, -0.25) is 9.79 Å². The minimum absolute atomic E-state index is 0.109. The molecule has 0 spiro atoms. The van der Waals surface area contributed by atoms with Gasteiger partial charge in [-0.25, -0.2) is 4.98 Å². The lowest BCUT2D eigenvalue weighted by atomic mass is 9.85. The smallest absolute Gasteiger partial charge is 0.223 e. The van der Waals surface area contributed by atoms with Crippen molar-refractivity contribution < 1.29 is 9.53 Å². The maximum absolute atomic E-state index is 12.4. The van der Waals surface area contributed by atoms with Gasteiger partial charge in [0, 0.05) is 43.9 Å². The van der Waals surface area contributed by atoms with E-state index in [-0.39, 0.29) is 24.0 Å².